The maximum Gasteiger partial charge on any atom is 0.335 e. The van der Waals surface area contributed by atoms with E-state index in [-0.39, 0.29) is 5.76 Å². The third kappa shape index (κ3) is 7.61. The van der Waals surface area contributed by atoms with Gasteiger partial charge >= 0.3 is 11.7 Å². The van der Waals surface area contributed by atoms with Crippen LogP contribution >= 0.6 is 0 Å². The number of ether oxygens (including phenoxy) is 7. The molecule has 2 amide bonds. The van der Waals surface area contributed by atoms with Gasteiger partial charge in [0.25, 0.3) is 11.5 Å². The van der Waals surface area contributed by atoms with Crippen molar-refractivity contribution in [1.29, 1.82) is 0 Å². The van der Waals surface area contributed by atoms with Crippen LogP contribution in [0.2, 0.25) is 0 Å². The molecule has 17 nitrogen and oxygen atoms in total. The van der Waals surface area contributed by atoms with Crippen LogP contribution in [0.1, 0.15) is 40.8 Å². The van der Waals surface area contributed by atoms with Gasteiger partial charge in [-0.3, -0.25) is 23.7 Å². The Bertz CT molecular complexity index is 1710. The highest BCUT2D eigenvalue weighted by Gasteiger charge is 2.55. The predicted octanol–water partition coefficient (Wildman–Crippen LogP) is 0.0996. The molecule has 0 aliphatic carbocycles. The van der Waals surface area contributed by atoms with E-state index in [1.807, 2.05) is 0 Å². The molecule has 3 aliphatic heterocycles. The standard InChI is InChI=1S/C32H40N4O13/c1-31(2,3)29(41)44-15-36-19(37)12-13-35(30(36)42)27-20(38)22(43-6)23(46-27)24(25(33)39)47-28-21-17(48-32(4,5)49-21)14-18(45-28)26(40)34-16-10-8-7-9-11-16/h7-14,17,20-24,27-28,38H,15H2,1-6H3,(H2,33,39)(H,34,40)/t17-,20+,21-,22-,23-,24+,27+,28+/m0/s1. The minimum absolute atomic E-state index is 0.186. The lowest BCUT2D eigenvalue weighted by atomic mass is 9.98. The Kier molecular flexibility index (Phi) is 10.1. The van der Waals surface area contributed by atoms with Crippen LogP contribution in [0.25, 0.3) is 0 Å². The number of primary amides is 1. The number of aliphatic hydroxyl groups excluding tert-OH is 1. The van der Waals surface area contributed by atoms with Crippen LogP contribution in [-0.2, 0) is 54.3 Å². The Morgan fingerprint density at radius 1 is 1.10 bits per heavy atom. The molecule has 266 valence electrons. The first-order valence-electron chi connectivity index (χ1n) is 15.4. The Labute approximate surface area is 280 Å². The van der Waals surface area contributed by atoms with Gasteiger partial charge in [0.1, 0.15) is 24.4 Å². The first-order valence-corrected chi connectivity index (χ1v) is 15.4. The lowest BCUT2D eigenvalue weighted by molar-refractivity contribution is -0.241. The third-order valence-corrected chi connectivity index (χ3v) is 7.93. The van der Waals surface area contributed by atoms with Crippen molar-refractivity contribution in [1.82, 2.24) is 9.13 Å². The zero-order valence-corrected chi connectivity index (χ0v) is 27.8. The molecular formula is C32H40N4O13. The molecule has 2 fully saturated rings. The Balaban J connectivity index is 1.40. The number of amides is 2. The first-order chi connectivity index (χ1) is 23.0. The predicted molar refractivity (Wildman–Crippen MR) is 167 cm³/mol. The smallest absolute Gasteiger partial charge is 0.335 e. The van der Waals surface area contributed by atoms with E-state index >= 15 is 0 Å². The van der Waals surface area contributed by atoms with Crippen molar-refractivity contribution in [2.45, 2.75) is 96.3 Å². The van der Waals surface area contributed by atoms with Crippen LogP contribution < -0.4 is 22.3 Å². The second-order valence-corrected chi connectivity index (χ2v) is 13.1. The van der Waals surface area contributed by atoms with E-state index in [9.17, 15) is 29.1 Å². The molecule has 0 saturated carbocycles. The summed E-state index contributed by atoms with van der Waals surface area (Å²) in [5, 5.41) is 14.0. The quantitative estimate of drug-likeness (QED) is 0.283. The van der Waals surface area contributed by atoms with Crippen molar-refractivity contribution in [3.05, 3.63) is 75.3 Å². The van der Waals surface area contributed by atoms with Crippen molar-refractivity contribution >= 4 is 23.5 Å². The Morgan fingerprint density at radius 2 is 1.80 bits per heavy atom. The monoisotopic (exact) mass is 688 g/mol. The van der Waals surface area contributed by atoms with Crippen LogP contribution in [0.3, 0.4) is 0 Å². The minimum atomic E-state index is -1.70. The number of esters is 1. The fourth-order valence-corrected chi connectivity index (χ4v) is 5.54. The van der Waals surface area contributed by atoms with Gasteiger partial charge in [0.15, 0.2) is 36.7 Å². The lowest BCUT2D eigenvalue weighted by Crippen LogP contribution is -2.53. The molecule has 4 heterocycles. The minimum Gasteiger partial charge on any atom is -0.456 e. The second-order valence-electron chi connectivity index (χ2n) is 13.1. The van der Waals surface area contributed by atoms with Crippen molar-refractivity contribution in [3.8, 4) is 0 Å². The van der Waals surface area contributed by atoms with Crippen molar-refractivity contribution in [2.75, 3.05) is 12.4 Å². The Hall–Kier alpha value is -4.39. The summed E-state index contributed by atoms with van der Waals surface area (Å²) >= 11 is 0. The summed E-state index contributed by atoms with van der Waals surface area (Å²) < 4.78 is 42.1. The number of hydrogen-bond donors (Lipinski definition) is 3. The summed E-state index contributed by atoms with van der Waals surface area (Å²) in [6.45, 7) is 7.41. The molecule has 0 unspecified atom stereocenters. The SMILES string of the molecule is CO[C@H]1[C@@H](O)[C@H](n2ccc(=O)n(COC(=O)C(C)(C)C)c2=O)O[C@@H]1[C@@H](O[C@H]1OC(C(=O)Nc2ccccc2)=C[C@@H]2OC(C)(C)O[C@H]12)C(N)=O. The molecule has 8 atom stereocenters. The number of methoxy groups -OCH3 is 1. The molecule has 2 saturated heterocycles. The van der Waals surface area contributed by atoms with E-state index in [4.69, 9.17) is 38.9 Å². The summed E-state index contributed by atoms with van der Waals surface area (Å²) in [7, 11) is 1.23. The number of anilines is 1. The van der Waals surface area contributed by atoms with E-state index in [0.717, 1.165) is 16.8 Å². The second kappa shape index (κ2) is 13.9. The molecule has 5 rings (SSSR count). The molecular weight excluding hydrogens is 648 g/mol. The van der Waals surface area contributed by atoms with Gasteiger partial charge < -0.3 is 49.3 Å². The zero-order valence-electron chi connectivity index (χ0n) is 27.8. The van der Waals surface area contributed by atoms with E-state index in [1.54, 1.807) is 65.0 Å². The number of rotatable bonds is 10. The number of hydrogen-bond acceptors (Lipinski definition) is 13. The van der Waals surface area contributed by atoms with Crippen molar-refractivity contribution in [2.24, 2.45) is 11.1 Å². The lowest BCUT2D eigenvalue weighted by Gasteiger charge is -2.34. The number of aliphatic hydroxyl groups is 1. The topological polar surface area (TPSA) is 218 Å². The number of nitrogens with one attached hydrogen (secondary N) is 1. The van der Waals surface area contributed by atoms with Gasteiger partial charge in [-0.15, -0.1) is 0 Å². The summed E-state index contributed by atoms with van der Waals surface area (Å²) in [6.07, 6.45) is -8.33. The first kappa shape index (κ1) is 35.9. The number of benzene rings is 1. The molecule has 3 aliphatic rings. The molecule has 49 heavy (non-hydrogen) atoms. The van der Waals surface area contributed by atoms with Gasteiger partial charge in [-0.2, -0.15) is 0 Å². The summed E-state index contributed by atoms with van der Waals surface area (Å²) in [5.41, 5.74) is 3.61. The summed E-state index contributed by atoms with van der Waals surface area (Å²) in [5.74, 6) is -3.67. The van der Waals surface area contributed by atoms with Gasteiger partial charge in [-0.05, 0) is 52.8 Å². The van der Waals surface area contributed by atoms with Gasteiger partial charge in [0.2, 0.25) is 12.2 Å². The molecule has 17 heteroatoms. The molecule has 4 N–H and O–H groups in total. The van der Waals surface area contributed by atoms with Crippen molar-refractivity contribution < 1.29 is 52.6 Å². The number of carbonyl (C=O) groups excluding carboxylic acids is 3. The van der Waals surface area contributed by atoms with Gasteiger partial charge in [0.05, 0.1) is 5.41 Å². The average Bonchev–Trinajstić information content (AvgIpc) is 3.53. The largest absolute Gasteiger partial charge is 0.456 e. The van der Waals surface area contributed by atoms with Gasteiger partial charge in [-0.1, -0.05) is 18.2 Å². The molecule has 1 aromatic carbocycles. The van der Waals surface area contributed by atoms with Gasteiger partial charge in [-0.25, -0.2) is 9.36 Å². The molecule has 2 aromatic rings. The van der Waals surface area contributed by atoms with Crippen LogP contribution in [0.15, 0.2) is 64.0 Å². The fourth-order valence-electron chi connectivity index (χ4n) is 5.54. The number of para-hydroxylation sites is 1. The number of nitrogens with zero attached hydrogens (tertiary/aromatic N) is 2. The maximum atomic E-state index is 13.4. The molecule has 0 spiro atoms. The number of nitrogens with two attached hydrogens (primary N) is 1. The van der Waals surface area contributed by atoms with E-state index in [0.29, 0.717) is 10.3 Å². The van der Waals surface area contributed by atoms with Crippen LogP contribution in [-0.4, -0.2) is 87.8 Å². The molecule has 1 aromatic heterocycles. The zero-order chi connectivity index (χ0) is 35.8. The van der Waals surface area contributed by atoms with Crippen LogP contribution in [0, 0.1) is 5.41 Å². The van der Waals surface area contributed by atoms with Crippen LogP contribution in [0.5, 0.6) is 0 Å². The summed E-state index contributed by atoms with van der Waals surface area (Å²) in [6, 6.07) is 9.64. The summed E-state index contributed by atoms with van der Waals surface area (Å²) in [4.78, 5) is 64.4. The van der Waals surface area contributed by atoms with E-state index in [1.165, 1.54) is 13.2 Å². The maximum absolute atomic E-state index is 13.4. The van der Waals surface area contributed by atoms with Crippen LogP contribution in [0.4, 0.5) is 5.69 Å². The van der Waals surface area contributed by atoms with Gasteiger partial charge in [0, 0.05) is 25.1 Å². The normalized spacial score (nSPS) is 28.1. The highest BCUT2D eigenvalue weighted by Crippen LogP contribution is 2.39. The van der Waals surface area contributed by atoms with E-state index < -0.39 is 96.1 Å². The average molecular weight is 689 g/mol. The fraction of sp³-hybridized carbons (Fsp3) is 0.531. The number of aromatic nitrogens is 2. The van der Waals surface area contributed by atoms with Crippen molar-refractivity contribution in [3.63, 3.8) is 0 Å². The highest BCUT2D eigenvalue weighted by molar-refractivity contribution is 6.02. The highest BCUT2D eigenvalue weighted by atomic mass is 16.8. The Morgan fingerprint density at radius 3 is 2.43 bits per heavy atom. The number of carbonyl (C=O) groups is 3. The molecule has 0 radical (unpaired) electrons. The molecule has 0 bridgehead atoms. The number of fused-ring (bicyclic) bond motifs is 1. The van der Waals surface area contributed by atoms with E-state index in [2.05, 4.69) is 5.32 Å². The third-order valence-electron chi connectivity index (χ3n) is 7.93.